The molecule has 0 aliphatic rings. The monoisotopic (exact) mass is 642 g/mol. The second-order valence-corrected chi connectivity index (χ2v) is 12.1. The summed E-state index contributed by atoms with van der Waals surface area (Å²) in [7, 11) is 3.49. The van der Waals surface area contributed by atoms with Gasteiger partial charge in [0, 0.05) is 55.8 Å². The Morgan fingerprint density at radius 1 is 0.957 bits per heavy atom. The molecule has 240 valence electrons. The third-order valence-electron chi connectivity index (χ3n) is 7.93. The van der Waals surface area contributed by atoms with Crippen molar-refractivity contribution in [2.75, 3.05) is 27.3 Å². The molecule has 1 amide bonds. The molecule has 10 heteroatoms. The maximum atomic E-state index is 12.8. The van der Waals surface area contributed by atoms with Gasteiger partial charge in [-0.15, -0.1) is 0 Å². The van der Waals surface area contributed by atoms with Gasteiger partial charge in [-0.3, -0.25) is 9.78 Å². The summed E-state index contributed by atoms with van der Waals surface area (Å²) in [5.74, 6) is 0.848. The first kappa shape index (κ1) is 34.4. The number of aromatic nitrogens is 1. The van der Waals surface area contributed by atoms with Crippen molar-refractivity contribution in [1.29, 1.82) is 5.26 Å². The van der Waals surface area contributed by atoms with Crippen LogP contribution in [0, 0.1) is 25.2 Å². The Morgan fingerprint density at radius 2 is 1.63 bits per heavy atom. The van der Waals surface area contributed by atoms with Gasteiger partial charge in [0.15, 0.2) is 0 Å². The van der Waals surface area contributed by atoms with Crippen molar-refractivity contribution in [3.63, 3.8) is 0 Å². The Morgan fingerprint density at radius 3 is 2.30 bits per heavy atom. The van der Waals surface area contributed by atoms with E-state index in [1.807, 2.05) is 50.2 Å². The fourth-order valence-electron chi connectivity index (χ4n) is 4.91. The van der Waals surface area contributed by atoms with Gasteiger partial charge in [-0.1, -0.05) is 41.9 Å². The number of hydrogen-bond acceptors (Lipinski definition) is 8. The van der Waals surface area contributed by atoms with Crippen molar-refractivity contribution >= 4 is 17.5 Å². The quantitative estimate of drug-likeness (QED) is 0.172. The van der Waals surface area contributed by atoms with Crippen molar-refractivity contribution in [3.8, 4) is 28.7 Å². The van der Waals surface area contributed by atoms with Crippen LogP contribution in [0.15, 0.2) is 67.0 Å². The van der Waals surface area contributed by atoms with Crippen LogP contribution in [0.4, 0.5) is 0 Å². The number of aliphatic hydroxyl groups excluding tert-OH is 2. The van der Waals surface area contributed by atoms with Gasteiger partial charge in [0.25, 0.3) is 5.91 Å². The van der Waals surface area contributed by atoms with Gasteiger partial charge in [-0.2, -0.15) is 5.26 Å². The fraction of sp³-hybridized carbons (Fsp3) is 0.306. The van der Waals surface area contributed by atoms with Crippen LogP contribution in [0.5, 0.6) is 11.5 Å². The van der Waals surface area contributed by atoms with Crippen LogP contribution in [-0.4, -0.2) is 58.9 Å². The first-order valence-corrected chi connectivity index (χ1v) is 15.2. The summed E-state index contributed by atoms with van der Waals surface area (Å²) in [6.07, 6.45) is 3.11. The predicted octanol–water partition coefficient (Wildman–Crippen LogP) is 5.58. The zero-order valence-corrected chi connectivity index (χ0v) is 27.5. The summed E-state index contributed by atoms with van der Waals surface area (Å²) in [4.78, 5) is 18.4. The molecule has 0 aliphatic carbocycles. The molecule has 4 aromatic rings. The number of benzene rings is 3. The number of carbonyl (C=O) groups excluding carboxylic acids is 1. The molecule has 0 saturated carbocycles. The second kappa shape index (κ2) is 15.2. The molecule has 9 nitrogen and oxygen atoms in total. The van der Waals surface area contributed by atoms with E-state index in [1.54, 1.807) is 50.3 Å². The molecule has 3 N–H and O–H groups in total. The number of ether oxygens (including phenoxy) is 2. The SMILES string of the molecule is Cc1c(COc2cc(OCc3cncc(C#N)c3)c(CNC(C)(CO)CO)cc2Cl)cccc1-c1cccc(C(=O)N(C)C)c1C. The van der Waals surface area contributed by atoms with Crippen molar-refractivity contribution in [3.05, 3.63) is 111 Å². The number of aliphatic hydroxyl groups is 2. The van der Waals surface area contributed by atoms with Crippen molar-refractivity contribution < 1.29 is 24.5 Å². The molecule has 0 spiro atoms. The number of nitrogens with zero attached hydrogens (tertiary/aromatic N) is 3. The van der Waals surface area contributed by atoms with E-state index in [0.29, 0.717) is 38.8 Å². The average Bonchev–Trinajstić information content (AvgIpc) is 3.06. The highest BCUT2D eigenvalue weighted by Gasteiger charge is 2.23. The van der Waals surface area contributed by atoms with E-state index in [2.05, 4.69) is 16.4 Å². The lowest BCUT2D eigenvalue weighted by Gasteiger charge is -2.27. The molecular formula is C36H39ClN4O5. The molecule has 1 heterocycles. The Hall–Kier alpha value is -4.46. The Balaban J connectivity index is 1.62. The zero-order chi connectivity index (χ0) is 33.4. The van der Waals surface area contributed by atoms with Crippen LogP contribution in [0.1, 0.15) is 50.7 Å². The average molecular weight is 643 g/mol. The van der Waals surface area contributed by atoms with Gasteiger partial charge in [0.05, 0.1) is 29.3 Å². The Labute approximate surface area is 275 Å². The van der Waals surface area contributed by atoms with Crippen LogP contribution in [0.2, 0.25) is 5.02 Å². The normalized spacial score (nSPS) is 11.2. The molecule has 3 aromatic carbocycles. The van der Waals surface area contributed by atoms with Crippen molar-refractivity contribution in [1.82, 2.24) is 15.2 Å². The lowest BCUT2D eigenvalue weighted by Crippen LogP contribution is -2.48. The molecule has 4 rings (SSSR count). The number of amides is 1. The molecule has 0 atom stereocenters. The maximum absolute atomic E-state index is 12.8. The number of nitriles is 1. The van der Waals surface area contributed by atoms with E-state index in [1.165, 1.54) is 6.20 Å². The molecular weight excluding hydrogens is 604 g/mol. The Kier molecular flexibility index (Phi) is 11.4. The summed E-state index contributed by atoms with van der Waals surface area (Å²) in [6.45, 7) is 5.78. The van der Waals surface area contributed by atoms with Crippen LogP contribution in [-0.2, 0) is 19.8 Å². The van der Waals surface area contributed by atoms with E-state index in [4.69, 9.17) is 21.1 Å². The van der Waals surface area contributed by atoms with E-state index in [9.17, 15) is 20.3 Å². The molecule has 0 fully saturated rings. The lowest BCUT2D eigenvalue weighted by atomic mass is 9.91. The largest absolute Gasteiger partial charge is 0.488 e. The molecule has 1 aromatic heterocycles. The summed E-state index contributed by atoms with van der Waals surface area (Å²) in [6, 6.07) is 19.0. The van der Waals surface area contributed by atoms with Crippen molar-refractivity contribution in [2.24, 2.45) is 0 Å². The van der Waals surface area contributed by atoms with Gasteiger partial charge in [0.1, 0.15) is 30.8 Å². The predicted molar refractivity (Wildman–Crippen MR) is 178 cm³/mol. The lowest BCUT2D eigenvalue weighted by molar-refractivity contribution is 0.0827. The van der Waals surface area contributed by atoms with Gasteiger partial charge in [0.2, 0.25) is 0 Å². The van der Waals surface area contributed by atoms with E-state index in [0.717, 1.165) is 27.8 Å². The minimum atomic E-state index is -0.913. The molecule has 0 radical (unpaired) electrons. The van der Waals surface area contributed by atoms with Crippen LogP contribution >= 0.6 is 11.6 Å². The topological polar surface area (TPSA) is 128 Å². The van der Waals surface area contributed by atoms with Crippen LogP contribution < -0.4 is 14.8 Å². The van der Waals surface area contributed by atoms with Gasteiger partial charge in [-0.25, -0.2) is 0 Å². The summed E-state index contributed by atoms with van der Waals surface area (Å²) in [5.41, 5.74) is 6.44. The van der Waals surface area contributed by atoms with Gasteiger partial charge in [-0.05, 0) is 66.8 Å². The molecule has 0 saturated heterocycles. The fourth-order valence-corrected chi connectivity index (χ4v) is 5.15. The van der Waals surface area contributed by atoms with Crippen molar-refractivity contribution in [2.45, 2.75) is 46.1 Å². The number of hydrogen-bond donors (Lipinski definition) is 3. The Bertz CT molecular complexity index is 1750. The first-order chi connectivity index (χ1) is 22.0. The third kappa shape index (κ3) is 8.03. The summed E-state index contributed by atoms with van der Waals surface area (Å²) in [5, 5.41) is 32.3. The number of carbonyl (C=O) groups is 1. The molecule has 0 aliphatic heterocycles. The number of rotatable bonds is 13. The smallest absolute Gasteiger partial charge is 0.253 e. The first-order valence-electron chi connectivity index (χ1n) is 14.8. The number of pyridine rings is 1. The summed E-state index contributed by atoms with van der Waals surface area (Å²) >= 11 is 6.71. The molecule has 0 bridgehead atoms. The van der Waals surface area contributed by atoms with Crippen LogP contribution in [0.3, 0.4) is 0 Å². The highest BCUT2D eigenvalue weighted by atomic mass is 35.5. The molecule has 46 heavy (non-hydrogen) atoms. The van der Waals surface area contributed by atoms with Gasteiger partial charge >= 0.3 is 0 Å². The third-order valence-corrected chi connectivity index (χ3v) is 8.22. The number of nitrogens with one attached hydrogen (secondary N) is 1. The number of halogens is 1. The highest BCUT2D eigenvalue weighted by Crippen LogP contribution is 2.36. The van der Waals surface area contributed by atoms with E-state index >= 15 is 0 Å². The minimum Gasteiger partial charge on any atom is -0.488 e. The highest BCUT2D eigenvalue weighted by molar-refractivity contribution is 6.32. The van der Waals surface area contributed by atoms with Gasteiger partial charge < -0.3 is 29.9 Å². The van der Waals surface area contributed by atoms with E-state index < -0.39 is 5.54 Å². The standard InChI is InChI=1S/C36H39ClN4O5/c1-23-27(8-6-9-29(23)30-10-7-11-31(24(30)2)35(44)41(4)5)20-46-34-14-33(45-19-26-12-25(15-38)16-39-17-26)28(13-32(34)37)18-40-36(3,21-42)22-43/h6-14,16-17,40,42-43H,18-22H2,1-5H3. The zero-order valence-electron chi connectivity index (χ0n) is 26.7. The summed E-state index contributed by atoms with van der Waals surface area (Å²) < 4.78 is 12.4. The van der Waals surface area contributed by atoms with E-state index in [-0.39, 0.29) is 38.9 Å². The van der Waals surface area contributed by atoms with Crippen LogP contribution in [0.25, 0.3) is 11.1 Å². The maximum Gasteiger partial charge on any atom is 0.253 e. The molecule has 0 unspecified atom stereocenters. The minimum absolute atomic E-state index is 0.0471. The second-order valence-electron chi connectivity index (χ2n) is 11.7.